The van der Waals surface area contributed by atoms with Crippen LogP contribution in [-0.4, -0.2) is 29.9 Å². The molecule has 1 aliphatic rings. The molecule has 3 aromatic carbocycles. The minimum atomic E-state index is -0.744. The summed E-state index contributed by atoms with van der Waals surface area (Å²) in [5.74, 6) is -1.14. The lowest BCUT2D eigenvalue weighted by Gasteiger charge is -2.29. The van der Waals surface area contributed by atoms with Crippen LogP contribution in [0.5, 0.6) is 11.5 Å². The van der Waals surface area contributed by atoms with E-state index in [0.29, 0.717) is 28.3 Å². The van der Waals surface area contributed by atoms with Crippen LogP contribution in [0.4, 0.5) is 15.8 Å². The average molecular weight is 520 g/mol. The van der Waals surface area contributed by atoms with E-state index in [2.05, 4.69) is 10.6 Å². The highest BCUT2D eigenvalue weighted by molar-refractivity contribution is 7.80. The van der Waals surface area contributed by atoms with Gasteiger partial charge < -0.3 is 14.8 Å². The molecule has 10 heteroatoms. The van der Waals surface area contributed by atoms with Gasteiger partial charge in [0.1, 0.15) is 29.5 Å². The Morgan fingerprint density at radius 3 is 2.51 bits per heavy atom. The molecule has 0 aromatic heterocycles. The zero-order valence-electron chi connectivity index (χ0n) is 19.9. The number of carbonyl (C=O) groups is 3. The van der Waals surface area contributed by atoms with Gasteiger partial charge in [0.15, 0.2) is 5.11 Å². The fourth-order valence-electron chi connectivity index (χ4n) is 3.68. The first-order valence-electron chi connectivity index (χ1n) is 11.1. The normalized spacial score (nSPS) is 14.4. The highest BCUT2D eigenvalue weighted by Crippen LogP contribution is 2.27. The molecule has 4 rings (SSSR count). The minimum absolute atomic E-state index is 0.0586. The first-order chi connectivity index (χ1) is 17.8. The SMILES string of the molecule is COc1ccc(C=C2C(=O)NC(=S)N(c3ccccc3F)C2=O)cc1COc1ccc(NC(C)=O)cc1. The third kappa shape index (κ3) is 5.81. The van der Waals surface area contributed by atoms with Gasteiger partial charge in [0.05, 0.1) is 12.8 Å². The summed E-state index contributed by atoms with van der Waals surface area (Å²) < 4.78 is 25.7. The Balaban J connectivity index is 1.58. The molecule has 0 bridgehead atoms. The van der Waals surface area contributed by atoms with Crippen LogP contribution < -0.4 is 25.0 Å². The molecule has 0 aliphatic carbocycles. The van der Waals surface area contributed by atoms with Crippen molar-refractivity contribution < 1.29 is 28.2 Å². The number of hydrogen-bond acceptors (Lipinski definition) is 6. The molecule has 0 unspecified atom stereocenters. The van der Waals surface area contributed by atoms with Crippen molar-refractivity contribution in [3.05, 3.63) is 89.2 Å². The quantitative estimate of drug-likeness (QED) is 0.276. The smallest absolute Gasteiger partial charge is 0.270 e. The highest BCUT2D eigenvalue weighted by atomic mass is 32.1. The van der Waals surface area contributed by atoms with Crippen LogP contribution in [-0.2, 0) is 21.0 Å². The van der Waals surface area contributed by atoms with Gasteiger partial charge in [-0.3, -0.25) is 19.7 Å². The van der Waals surface area contributed by atoms with E-state index in [1.807, 2.05) is 0 Å². The summed E-state index contributed by atoms with van der Waals surface area (Å²) >= 11 is 5.13. The lowest BCUT2D eigenvalue weighted by atomic mass is 10.0. The number of para-hydroxylation sites is 1. The summed E-state index contributed by atoms with van der Waals surface area (Å²) in [6.45, 7) is 1.56. The van der Waals surface area contributed by atoms with Gasteiger partial charge in [0.25, 0.3) is 11.8 Å². The number of benzene rings is 3. The number of ether oxygens (including phenoxy) is 2. The maximum absolute atomic E-state index is 14.4. The zero-order chi connectivity index (χ0) is 26.5. The molecule has 3 aromatic rings. The van der Waals surface area contributed by atoms with Gasteiger partial charge in [-0.25, -0.2) is 9.29 Å². The lowest BCUT2D eigenvalue weighted by molar-refractivity contribution is -0.122. The van der Waals surface area contributed by atoms with E-state index in [9.17, 15) is 18.8 Å². The molecule has 1 fully saturated rings. The summed E-state index contributed by atoms with van der Waals surface area (Å²) in [5, 5.41) is 4.92. The fourth-order valence-corrected chi connectivity index (χ4v) is 3.95. The standard InChI is InChI=1S/C27H22FN3O5S/c1-16(32)29-19-8-10-20(11-9-19)36-15-18-13-17(7-12-24(18)35-2)14-21-25(33)30-27(37)31(26(21)34)23-6-4-3-5-22(23)28/h3-14H,15H2,1-2H3,(H,29,32)(H,30,33,37). The summed E-state index contributed by atoms with van der Waals surface area (Å²) in [5.41, 5.74) is 1.57. The van der Waals surface area contributed by atoms with Crippen molar-refractivity contribution in [2.45, 2.75) is 13.5 Å². The van der Waals surface area contributed by atoms with Gasteiger partial charge in [-0.2, -0.15) is 0 Å². The summed E-state index contributed by atoms with van der Waals surface area (Å²) in [6, 6.07) is 17.6. The lowest BCUT2D eigenvalue weighted by Crippen LogP contribution is -2.54. The molecule has 0 radical (unpaired) electrons. The maximum Gasteiger partial charge on any atom is 0.270 e. The Morgan fingerprint density at radius 2 is 1.84 bits per heavy atom. The molecule has 8 nitrogen and oxygen atoms in total. The second-order valence-corrected chi connectivity index (χ2v) is 8.36. The van der Waals surface area contributed by atoms with E-state index in [4.69, 9.17) is 21.7 Å². The van der Waals surface area contributed by atoms with Crippen molar-refractivity contribution in [3.8, 4) is 11.5 Å². The Hall–Kier alpha value is -4.57. The molecule has 2 N–H and O–H groups in total. The molecule has 1 aliphatic heterocycles. The van der Waals surface area contributed by atoms with Crippen LogP contribution >= 0.6 is 12.2 Å². The van der Waals surface area contributed by atoms with Crippen molar-refractivity contribution in [1.82, 2.24) is 5.32 Å². The van der Waals surface area contributed by atoms with Crippen LogP contribution in [0, 0.1) is 5.82 Å². The number of nitrogens with one attached hydrogen (secondary N) is 2. The Morgan fingerprint density at radius 1 is 1.11 bits per heavy atom. The molecule has 1 heterocycles. The number of carbonyl (C=O) groups excluding carboxylic acids is 3. The monoisotopic (exact) mass is 519 g/mol. The number of hydrogen-bond donors (Lipinski definition) is 2. The molecule has 0 saturated carbocycles. The van der Waals surface area contributed by atoms with Gasteiger partial charge in [0, 0.05) is 18.2 Å². The van der Waals surface area contributed by atoms with Gasteiger partial charge in [0.2, 0.25) is 5.91 Å². The molecular formula is C27H22FN3O5S. The van der Waals surface area contributed by atoms with Crippen molar-refractivity contribution in [2.24, 2.45) is 0 Å². The Kier molecular flexibility index (Phi) is 7.59. The van der Waals surface area contributed by atoms with Crippen LogP contribution in [0.3, 0.4) is 0 Å². The number of methoxy groups -OCH3 is 1. The molecule has 0 atom stereocenters. The summed E-state index contributed by atoms with van der Waals surface area (Å²) in [4.78, 5) is 37.9. The predicted octanol–water partition coefficient (Wildman–Crippen LogP) is 4.20. The van der Waals surface area contributed by atoms with Crippen molar-refractivity contribution >= 4 is 52.5 Å². The number of halogens is 1. The minimum Gasteiger partial charge on any atom is -0.496 e. The first kappa shape index (κ1) is 25.5. The zero-order valence-corrected chi connectivity index (χ0v) is 20.7. The second kappa shape index (κ2) is 11.0. The number of nitrogens with zero attached hydrogens (tertiary/aromatic N) is 1. The predicted molar refractivity (Wildman–Crippen MR) is 141 cm³/mol. The molecule has 3 amide bonds. The molecule has 0 spiro atoms. The third-order valence-corrected chi connectivity index (χ3v) is 5.66. The van der Waals surface area contributed by atoms with Gasteiger partial charge in [-0.1, -0.05) is 18.2 Å². The number of thiocarbonyl (C=S) groups is 1. The van der Waals surface area contributed by atoms with E-state index in [0.717, 1.165) is 4.90 Å². The van der Waals surface area contributed by atoms with E-state index >= 15 is 0 Å². The Bertz CT molecular complexity index is 1420. The third-order valence-electron chi connectivity index (χ3n) is 5.38. The topological polar surface area (TPSA) is 97.0 Å². The second-order valence-electron chi connectivity index (χ2n) is 7.97. The van der Waals surface area contributed by atoms with Crippen LogP contribution in [0.1, 0.15) is 18.1 Å². The van der Waals surface area contributed by atoms with E-state index in [-0.39, 0.29) is 28.9 Å². The van der Waals surface area contributed by atoms with Crippen molar-refractivity contribution in [3.63, 3.8) is 0 Å². The number of amides is 3. The molecule has 188 valence electrons. The largest absolute Gasteiger partial charge is 0.496 e. The van der Waals surface area contributed by atoms with Gasteiger partial charge in [-0.15, -0.1) is 0 Å². The molecular weight excluding hydrogens is 497 g/mol. The molecule has 37 heavy (non-hydrogen) atoms. The Labute approximate surface area is 217 Å². The maximum atomic E-state index is 14.4. The number of rotatable bonds is 7. The molecule has 1 saturated heterocycles. The van der Waals surface area contributed by atoms with Gasteiger partial charge >= 0.3 is 0 Å². The van der Waals surface area contributed by atoms with E-state index in [1.54, 1.807) is 48.5 Å². The summed E-state index contributed by atoms with van der Waals surface area (Å²) in [6.07, 6.45) is 1.40. The van der Waals surface area contributed by atoms with Crippen LogP contribution in [0.15, 0.2) is 72.3 Å². The van der Waals surface area contributed by atoms with E-state index < -0.39 is 17.6 Å². The van der Waals surface area contributed by atoms with Gasteiger partial charge in [-0.05, 0) is 72.4 Å². The van der Waals surface area contributed by atoms with Crippen molar-refractivity contribution in [1.29, 1.82) is 0 Å². The number of anilines is 2. The van der Waals surface area contributed by atoms with Crippen LogP contribution in [0.25, 0.3) is 6.08 Å². The fraction of sp³-hybridized carbons (Fsp3) is 0.111. The average Bonchev–Trinajstić information content (AvgIpc) is 2.87. The van der Waals surface area contributed by atoms with E-state index in [1.165, 1.54) is 38.3 Å². The van der Waals surface area contributed by atoms with Crippen molar-refractivity contribution in [2.75, 3.05) is 17.3 Å². The van der Waals surface area contributed by atoms with Crippen LogP contribution in [0.2, 0.25) is 0 Å². The first-order valence-corrected chi connectivity index (χ1v) is 11.5. The summed E-state index contributed by atoms with van der Waals surface area (Å²) in [7, 11) is 1.52. The highest BCUT2D eigenvalue weighted by Gasteiger charge is 2.35.